The van der Waals surface area contributed by atoms with E-state index in [0.29, 0.717) is 5.69 Å². The molecular formula is C11H8BrN3O. The zero-order valence-corrected chi connectivity index (χ0v) is 9.81. The standard InChI is InChI=1S/C11H8BrN3O/c12-8-1-3-9(4-2-8)15-11(16)10-5-6-13-7-14-10/h1-7H,(H,15,16). The number of amides is 1. The summed E-state index contributed by atoms with van der Waals surface area (Å²) >= 11 is 3.32. The number of hydrogen-bond donors (Lipinski definition) is 1. The Morgan fingerprint density at radius 3 is 2.56 bits per heavy atom. The molecule has 0 aliphatic rings. The summed E-state index contributed by atoms with van der Waals surface area (Å²) in [6, 6.07) is 8.89. The molecule has 80 valence electrons. The topological polar surface area (TPSA) is 54.9 Å². The third-order valence-corrected chi connectivity index (χ3v) is 2.45. The van der Waals surface area contributed by atoms with Crippen molar-refractivity contribution >= 4 is 27.5 Å². The second-order valence-corrected chi connectivity index (χ2v) is 3.97. The van der Waals surface area contributed by atoms with Gasteiger partial charge in [0.1, 0.15) is 12.0 Å². The number of hydrogen-bond acceptors (Lipinski definition) is 3. The first-order chi connectivity index (χ1) is 7.75. The van der Waals surface area contributed by atoms with Gasteiger partial charge in [0, 0.05) is 16.4 Å². The lowest BCUT2D eigenvalue weighted by molar-refractivity contribution is 0.102. The first kappa shape index (κ1) is 10.8. The van der Waals surface area contributed by atoms with Gasteiger partial charge in [-0.25, -0.2) is 9.97 Å². The zero-order chi connectivity index (χ0) is 11.4. The van der Waals surface area contributed by atoms with Gasteiger partial charge in [0.15, 0.2) is 0 Å². The molecule has 0 saturated carbocycles. The molecule has 0 atom stereocenters. The van der Waals surface area contributed by atoms with Crippen LogP contribution in [0.5, 0.6) is 0 Å². The largest absolute Gasteiger partial charge is 0.321 e. The molecule has 1 N–H and O–H groups in total. The van der Waals surface area contributed by atoms with E-state index in [1.807, 2.05) is 24.3 Å². The molecule has 0 fully saturated rings. The molecule has 0 radical (unpaired) electrons. The molecule has 0 spiro atoms. The maximum Gasteiger partial charge on any atom is 0.274 e. The van der Waals surface area contributed by atoms with Gasteiger partial charge in [0.25, 0.3) is 5.91 Å². The number of aromatic nitrogens is 2. The van der Waals surface area contributed by atoms with Gasteiger partial charge >= 0.3 is 0 Å². The molecule has 1 amide bonds. The SMILES string of the molecule is O=C(Nc1ccc(Br)cc1)c1ccncn1. The molecule has 1 aromatic carbocycles. The van der Waals surface area contributed by atoms with E-state index in [4.69, 9.17) is 0 Å². The van der Waals surface area contributed by atoms with E-state index in [1.54, 1.807) is 6.07 Å². The lowest BCUT2D eigenvalue weighted by atomic mass is 10.3. The fourth-order valence-corrected chi connectivity index (χ4v) is 1.42. The Morgan fingerprint density at radius 2 is 1.94 bits per heavy atom. The lowest BCUT2D eigenvalue weighted by Gasteiger charge is -2.03. The van der Waals surface area contributed by atoms with Crippen LogP contribution < -0.4 is 5.32 Å². The van der Waals surface area contributed by atoms with Gasteiger partial charge in [-0.2, -0.15) is 0 Å². The number of nitrogens with zero attached hydrogens (tertiary/aromatic N) is 2. The fourth-order valence-electron chi connectivity index (χ4n) is 1.15. The smallest absolute Gasteiger partial charge is 0.274 e. The minimum absolute atomic E-state index is 0.246. The normalized spacial score (nSPS) is 9.81. The van der Waals surface area contributed by atoms with E-state index in [-0.39, 0.29) is 5.91 Å². The quantitative estimate of drug-likeness (QED) is 0.918. The highest BCUT2D eigenvalue weighted by Crippen LogP contribution is 2.14. The Labute approximate surface area is 101 Å². The Balaban J connectivity index is 2.11. The number of benzene rings is 1. The molecule has 0 bridgehead atoms. The van der Waals surface area contributed by atoms with Crippen LogP contribution in [-0.4, -0.2) is 15.9 Å². The fraction of sp³-hybridized carbons (Fsp3) is 0. The molecule has 1 heterocycles. The highest BCUT2D eigenvalue weighted by Gasteiger charge is 2.06. The van der Waals surface area contributed by atoms with Crippen molar-refractivity contribution < 1.29 is 4.79 Å². The number of carbonyl (C=O) groups is 1. The van der Waals surface area contributed by atoms with E-state index in [1.165, 1.54) is 12.5 Å². The van der Waals surface area contributed by atoms with Crippen molar-refractivity contribution in [1.29, 1.82) is 0 Å². The second-order valence-electron chi connectivity index (χ2n) is 3.06. The maximum atomic E-state index is 11.7. The van der Waals surface area contributed by atoms with Crippen LogP contribution >= 0.6 is 15.9 Å². The Bertz CT molecular complexity index is 484. The molecule has 2 aromatic rings. The number of halogens is 1. The number of anilines is 1. The van der Waals surface area contributed by atoms with Gasteiger partial charge in [0.2, 0.25) is 0 Å². The van der Waals surface area contributed by atoms with E-state index >= 15 is 0 Å². The Hall–Kier alpha value is -1.75. The summed E-state index contributed by atoms with van der Waals surface area (Å²) in [4.78, 5) is 19.3. The van der Waals surface area contributed by atoms with Crippen molar-refractivity contribution in [3.63, 3.8) is 0 Å². The van der Waals surface area contributed by atoms with Crippen LogP contribution in [0.2, 0.25) is 0 Å². The highest BCUT2D eigenvalue weighted by molar-refractivity contribution is 9.10. The first-order valence-electron chi connectivity index (χ1n) is 4.58. The van der Waals surface area contributed by atoms with E-state index in [0.717, 1.165) is 10.2 Å². The Kier molecular flexibility index (Phi) is 3.26. The molecule has 16 heavy (non-hydrogen) atoms. The zero-order valence-electron chi connectivity index (χ0n) is 8.22. The predicted molar refractivity (Wildman–Crippen MR) is 64.1 cm³/mol. The van der Waals surface area contributed by atoms with Crippen LogP contribution in [0.1, 0.15) is 10.5 Å². The summed E-state index contributed by atoms with van der Waals surface area (Å²) in [5.41, 5.74) is 1.07. The minimum atomic E-state index is -0.246. The third-order valence-electron chi connectivity index (χ3n) is 1.92. The van der Waals surface area contributed by atoms with Gasteiger partial charge in [-0.1, -0.05) is 15.9 Å². The average molecular weight is 278 g/mol. The molecule has 2 rings (SSSR count). The third kappa shape index (κ3) is 2.64. The van der Waals surface area contributed by atoms with Crippen LogP contribution in [-0.2, 0) is 0 Å². The van der Waals surface area contributed by atoms with Crippen LogP contribution in [0.3, 0.4) is 0 Å². The molecule has 5 heteroatoms. The average Bonchev–Trinajstić information content (AvgIpc) is 2.33. The predicted octanol–water partition coefficient (Wildman–Crippen LogP) is 2.49. The molecular weight excluding hydrogens is 270 g/mol. The molecule has 0 aliphatic heterocycles. The maximum absolute atomic E-state index is 11.7. The minimum Gasteiger partial charge on any atom is -0.321 e. The van der Waals surface area contributed by atoms with E-state index in [9.17, 15) is 4.79 Å². The summed E-state index contributed by atoms with van der Waals surface area (Å²) in [6.45, 7) is 0. The number of carbonyl (C=O) groups excluding carboxylic acids is 1. The van der Waals surface area contributed by atoms with Crippen molar-refractivity contribution in [2.24, 2.45) is 0 Å². The van der Waals surface area contributed by atoms with Crippen LogP contribution in [0.4, 0.5) is 5.69 Å². The van der Waals surface area contributed by atoms with Crippen molar-refractivity contribution in [2.75, 3.05) is 5.32 Å². The van der Waals surface area contributed by atoms with E-state index in [2.05, 4.69) is 31.2 Å². The summed E-state index contributed by atoms with van der Waals surface area (Å²) < 4.78 is 0.965. The van der Waals surface area contributed by atoms with Crippen LogP contribution in [0.15, 0.2) is 47.3 Å². The monoisotopic (exact) mass is 277 g/mol. The van der Waals surface area contributed by atoms with Gasteiger partial charge in [-0.15, -0.1) is 0 Å². The van der Waals surface area contributed by atoms with Gasteiger partial charge in [-0.3, -0.25) is 4.79 Å². The van der Waals surface area contributed by atoms with Crippen molar-refractivity contribution in [3.05, 3.63) is 53.0 Å². The van der Waals surface area contributed by atoms with Gasteiger partial charge in [0.05, 0.1) is 0 Å². The second kappa shape index (κ2) is 4.85. The van der Waals surface area contributed by atoms with E-state index < -0.39 is 0 Å². The summed E-state index contributed by atoms with van der Waals surface area (Å²) in [7, 11) is 0. The Morgan fingerprint density at radius 1 is 1.19 bits per heavy atom. The molecule has 0 unspecified atom stereocenters. The lowest BCUT2D eigenvalue weighted by Crippen LogP contribution is -2.13. The molecule has 4 nitrogen and oxygen atoms in total. The van der Waals surface area contributed by atoms with Crippen molar-refractivity contribution in [1.82, 2.24) is 9.97 Å². The highest BCUT2D eigenvalue weighted by atomic mass is 79.9. The first-order valence-corrected chi connectivity index (χ1v) is 5.38. The number of nitrogens with one attached hydrogen (secondary N) is 1. The van der Waals surface area contributed by atoms with Crippen molar-refractivity contribution in [2.45, 2.75) is 0 Å². The summed E-state index contributed by atoms with van der Waals surface area (Å²) in [5.74, 6) is -0.246. The summed E-state index contributed by atoms with van der Waals surface area (Å²) in [6.07, 6.45) is 2.87. The molecule has 0 saturated heterocycles. The van der Waals surface area contributed by atoms with Crippen LogP contribution in [0, 0.1) is 0 Å². The number of rotatable bonds is 2. The van der Waals surface area contributed by atoms with Crippen molar-refractivity contribution in [3.8, 4) is 0 Å². The van der Waals surface area contributed by atoms with Gasteiger partial charge in [-0.05, 0) is 30.3 Å². The van der Waals surface area contributed by atoms with Crippen LogP contribution in [0.25, 0.3) is 0 Å². The molecule has 1 aromatic heterocycles. The van der Waals surface area contributed by atoms with Gasteiger partial charge < -0.3 is 5.32 Å². The summed E-state index contributed by atoms with van der Waals surface area (Å²) in [5, 5.41) is 2.74. The molecule has 0 aliphatic carbocycles.